The van der Waals surface area contributed by atoms with Crippen LogP contribution in [-0.4, -0.2) is 0 Å². The van der Waals surface area contributed by atoms with E-state index >= 15 is 0 Å². The standard InChI is InChI=1S/C18H18FNO/c1-10-4-5-13(8-11(10)2)17(20)18-12(3)15-7-6-14(19)9-16(15)21-18/h4-9,17H,20H2,1-3H3. The van der Waals surface area contributed by atoms with E-state index in [1.165, 1.54) is 23.3 Å². The van der Waals surface area contributed by atoms with Crippen LogP contribution in [0.1, 0.15) is 34.1 Å². The van der Waals surface area contributed by atoms with Crippen LogP contribution in [0.25, 0.3) is 11.0 Å². The number of furan rings is 1. The highest BCUT2D eigenvalue weighted by molar-refractivity contribution is 5.82. The van der Waals surface area contributed by atoms with E-state index in [9.17, 15) is 4.39 Å². The molecule has 0 aliphatic heterocycles. The van der Waals surface area contributed by atoms with Gasteiger partial charge in [-0.05, 0) is 49.6 Å². The summed E-state index contributed by atoms with van der Waals surface area (Å²) < 4.78 is 19.1. The molecule has 0 saturated carbocycles. The predicted molar refractivity (Wildman–Crippen MR) is 82.9 cm³/mol. The summed E-state index contributed by atoms with van der Waals surface area (Å²) in [6.45, 7) is 6.09. The van der Waals surface area contributed by atoms with Crippen molar-refractivity contribution in [3.63, 3.8) is 0 Å². The largest absolute Gasteiger partial charge is 0.459 e. The number of rotatable bonds is 2. The lowest BCUT2D eigenvalue weighted by Gasteiger charge is -2.12. The molecule has 0 aliphatic rings. The Balaban J connectivity index is 2.10. The fourth-order valence-electron chi connectivity index (χ4n) is 2.62. The van der Waals surface area contributed by atoms with Crippen molar-refractivity contribution in [3.05, 3.63) is 70.2 Å². The Morgan fingerprint density at radius 1 is 1.00 bits per heavy atom. The molecule has 3 aromatic rings. The van der Waals surface area contributed by atoms with E-state index in [-0.39, 0.29) is 11.9 Å². The number of benzene rings is 2. The van der Waals surface area contributed by atoms with Crippen LogP contribution in [0.4, 0.5) is 4.39 Å². The highest BCUT2D eigenvalue weighted by atomic mass is 19.1. The molecular formula is C18H18FNO. The molecule has 108 valence electrons. The highest BCUT2D eigenvalue weighted by Gasteiger charge is 2.19. The van der Waals surface area contributed by atoms with Crippen molar-refractivity contribution in [1.29, 1.82) is 0 Å². The Bertz CT molecular complexity index is 819. The van der Waals surface area contributed by atoms with Crippen LogP contribution < -0.4 is 5.73 Å². The number of fused-ring (bicyclic) bond motifs is 1. The summed E-state index contributed by atoms with van der Waals surface area (Å²) in [6.07, 6.45) is 0. The zero-order valence-corrected chi connectivity index (χ0v) is 12.4. The van der Waals surface area contributed by atoms with Crippen LogP contribution in [0.15, 0.2) is 40.8 Å². The van der Waals surface area contributed by atoms with E-state index in [1.807, 2.05) is 13.0 Å². The lowest BCUT2D eigenvalue weighted by atomic mass is 9.98. The van der Waals surface area contributed by atoms with Gasteiger partial charge in [0.05, 0.1) is 6.04 Å². The Hall–Kier alpha value is -2.13. The number of aryl methyl sites for hydroxylation is 3. The number of hydrogen-bond donors (Lipinski definition) is 1. The molecule has 0 saturated heterocycles. The Labute approximate surface area is 123 Å². The van der Waals surface area contributed by atoms with Crippen LogP contribution in [-0.2, 0) is 0 Å². The van der Waals surface area contributed by atoms with E-state index in [4.69, 9.17) is 10.2 Å². The van der Waals surface area contributed by atoms with Crippen molar-refractivity contribution in [2.45, 2.75) is 26.8 Å². The first-order chi connectivity index (χ1) is 9.97. The second-order valence-electron chi connectivity index (χ2n) is 5.55. The number of hydrogen-bond acceptors (Lipinski definition) is 2. The molecule has 1 aromatic heterocycles. The van der Waals surface area contributed by atoms with Crippen molar-refractivity contribution in [2.75, 3.05) is 0 Å². The topological polar surface area (TPSA) is 39.2 Å². The maximum Gasteiger partial charge on any atom is 0.137 e. The van der Waals surface area contributed by atoms with E-state index in [2.05, 4.69) is 26.0 Å². The van der Waals surface area contributed by atoms with Crippen molar-refractivity contribution in [1.82, 2.24) is 0 Å². The molecule has 1 unspecified atom stereocenters. The smallest absolute Gasteiger partial charge is 0.137 e. The zero-order valence-electron chi connectivity index (χ0n) is 12.4. The van der Waals surface area contributed by atoms with E-state index in [0.29, 0.717) is 11.3 Å². The normalized spacial score (nSPS) is 12.8. The summed E-state index contributed by atoms with van der Waals surface area (Å²) in [6, 6.07) is 10.4. The van der Waals surface area contributed by atoms with Gasteiger partial charge in [0.25, 0.3) is 0 Å². The summed E-state index contributed by atoms with van der Waals surface area (Å²) in [4.78, 5) is 0. The van der Waals surface area contributed by atoms with Crippen LogP contribution in [0.2, 0.25) is 0 Å². The average molecular weight is 283 g/mol. The van der Waals surface area contributed by atoms with Gasteiger partial charge in [-0.25, -0.2) is 4.39 Å². The van der Waals surface area contributed by atoms with Gasteiger partial charge in [-0.15, -0.1) is 0 Å². The molecule has 1 atom stereocenters. The molecule has 21 heavy (non-hydrogen) atoms. The Kier molecular flexibility index (Phi) is 3.30. The third-order valence-electron chi connectivity index (χ3n) is 4.11. The first kappa shape index (κ1) is 13.8. The first-order valence-corrected chi connectivity index (χ1v) is 6.98. The van der Waals surface area contributed by atoms with Gasteiger partial charge < -0.3 is 10.2 Å². The first-order valence-electron chi connectivity index (χ1n) is 6.98. The number of nitrogens with two attached hydrogens (primary N) is 1. The maximum absolute atomic E-state index is 13.3. The van der Waals surface area contributed by atoms with Crippen LogP contribution >= 0.6 is 0 Å². The van der Waals surface area contributed by atoms with Gasteiger partial charge in [0.2, 0.25) is 0 Å². The number of halogens is 1. The molecule has 0 radical (unpaired) electrons. The minimum Gasteiger partial charge on any atom is -0.459 e. The molecule has 0 fully saturated rings. The quantitative estimate of drug-likeness (QED) is 0.749. The molecule has 1 heterocycles. The van der Waals surface area contributed by atoms with Gasteiger partial charge in [0.15, 0.2) is 0 Å². The zero-order chi connectivity index (χ0) is 15.1. The van der Waals surface area contributed by atoms with Gasteiger partial charge in [0.1, 0.15) is 17.2 Å². The van der Waals surface area contributed by atoms with Gasteiger partial charge in [-0.2, -0.15) is 0 Å². The lowest BCUT2D eigenvalue weighted by Crippen LogP contribution is -2.12. The third-order valence-corrected chi connectivity index (χ3v) is 4.11. The summed E-state index contributed by atoms with van der Waals surface area (Å²) in [5.74, 6) is 0.390. The fraction of sp³-hybridized carbons (Fsp3) is 0.222. The summed E-state index contributed by atoms with van der Waals surface area (Å²) in [5.41, 5.74) is 11.3. The summed E-state index contributed by atoms with van der Waals surface area (Å²) in [7, 11) is 0. The molecule has 3 heteroatoms. The SMILES string of the molecule is Cc1ccc(C(N)c2oc3cc(F)ccc3c2C)cc1C. The second kappa shape index (κ2) is 5.01. The third kappa shape index (κ3) is 2.34. The van der Waals surface area contributed by atoms with Crippen molar-refractivity contribution in [3.8, 4) is 0 Å². The maximum atomic E-state index is 13.3. The summed E-state index contributed by atoms with van der Waals surface area (Å²) in [5, 5.41) is 0.908. The predicted octanol–water partition coefficient (Wildman–Crippen LogP) is 4.55. The van der Waals surface area contributed by atoms with Gasteiger partial charge in [-0.1, -0.05) is 18.2 Å². The van der Waals surface area contributed by atoms with E-state index in [1.54, 1.807) is 6.07 Å². The molecule has 0 aliphatic carbocycles. The van der Waals surface area contributed by atoms with Gasteiger partial charge in [0, 0.05) is 17.0 Å². The molecule has 0 amide bonds. The molecule has 0 spiro atoms. The fourth-order valence-corrected chi connectivity index (χ4v) is 2.62. The van der Waals surface area contributed by atoms with E-state index in [0.717, 1.165) is 16.5 Å². The minimum atomic E-state index is -0.347. The lowest BCUT2D eigenvalue weighted by molar-refractivity contribution is 0.518. The van der Waals surface area contributed by atoms with E-state index < -0.39 is 0 Å². The second-order valence-corrected chi connectivity index (χ2v) is 5.55. The molecule has 2 aromatic carbocycles. The van der Waals surface area contributed by atoms with Gasteiger partial charge >= 0.3 is 0 Å². The van der Waals surface area contributed by atoms with Crippen molar-refractivity contribution >= 4 is 11.0 Å². The average Bonchev–Trinajstić information content (AvgIpc) is 2.77. The monoisotopic (exact) mass is 283 g/mol. The Morgan fingerprint density at radius 2 is 1.76 bits per heavy atom. The minimum absolute atomic E-state index is 0.303. The molecular weight excluding hydrogens is 265 g/mol. The molecule has 3 rings (SSSR count). The van der Waals surface area contributed by atoms with Crippen molar-refractivity contribution in [2.24, 2.45) is 5.73 Å². The van der Waals surface area contributed by atoms with Crippen molar-refractivity contribution < 1.29 is 8.81 Å². The Morgan fingerprint density at radius 3 is 2.48 bits per heavy atom. The molecule has 2 nitrogen and oxygen atoms in total. The van der Waals surface area contributed by atoms with Crippen LogP contribution in [0.5, 0.6) is 0 Å². The highest BCUT2D eigenvalue weighted by Crippen LogP contribution is 2.32. The van der Waals surface area contributed by atoms with Crippen LogP contribution in [0.3, 0.4) is 0 Å². The summed E-state index contributed by atoms with van der Waals surface area (Å²) >= 11 is 0. The molecule has 0 bridgehead atoms. The van der Waals surface area contributed by atoms with Crippen LogP contribution in [0, 0.1) is 26.6 Å². The molecule has 2 N–H and O–H groups in total. The van der Waals surface area contributed by atoms with Gasteiger partial charge in [-0.3, -0.25) is 0 Å².